The third-order valence-electron chi connectivity index (χ3n) is 3.99. The van der Waals surface area contributed by atoms with Crippen molar-refractivity contribution in [2.45, 2.75) is 31.6 Å². The first-order valence-corrected chi connectivity index (χ1v) is 7.23. The van der Waals surface area contributed by atoms with Crippen LogP contribution in [0.25, 0.3) is 0 Å². The normalized spacial score (nSPS) is 21.8. The van der Waals surface area contributed by atoms with Crippen molar-refractivity contribution in [2.75, 3.05) is 14.2 Å². The molecule has 1 aliphatic rings. The predicted molar refractivity (Wildman–Crippen MR) is 77.3 cm³/mol. The van der Waals surface area contributed by atoms with E-state index in [0.29, 0.717) is 24.0 Å². The Hall–Kier alpha value is -2.24. The van der Waals surface area contributed by atoms with Crippen LogP contribution in [0, 0.1) is 5.92 Å². The van der Waals surface area contributed by atoms with Gasteiger partial charge >= 0.3 is 11.9 Å². The molecule has 0 radical (unpaired) electrons. The maximum atomic E-state index is 12.7. The molecule has 118 valence electrons. The molecule has 1 aliphatic carbocycles. The lowest BCUT2D eigenvalue weighted by Gasteiger charge is -2.17. The molecule has 1 heterocycles. The molecule has 2 unspecified atom stereocenters. The van der Waals surface area contributed by atoms with Crippen LogP contribution in [0.3, 0.4) is 0 Å². The van der Waals surface area contributed by atoms with E-state index in [1.54, 1.807) is 12.3 Å². The quantitative estimate of drug-likeness (QED) is 0.482. The van der Waals surface area contributed by atoms with E-state index in [4.69, 9.17) is 4.74 Å². The molecule has 0 bridgehead atoms. The summed E-state index contributed by atoms with van der Waals surface area (Å²) < 4.78 is 9.40. The number of aromatic nitrogens is 1. The summed E-state index contributed by atoms with van der Waals surface area (Å²) in [6.07, 6.45) is 5.74. The van der Waals surface area contributed by atoms with Gasteiger partial charge in [0.05, 0.1) is 19.8 Å². The molecule has 6 heteroatoms. The van der Waals surface area contributed by atoms with Gasteiger partial charge in [-0.05, 0) is 24.5 Å². The number of ketones is 1. The monoisotopic (exact) mass is 305 g/mol. The molecule has 0 amide bonds. The largest absolute Gasteiger partial charge is 0.468 e. The summed E-state index contributed by atoms with van der Waals surface area (Å²) in [7, 11) is 2.58. The van der Waals surface area contributed by atoms with Gasteiger partial charge in [0.15, 0.2) is 5.78 Å². The van der Waals surface area contributed by atoms with E-state index in [9.17, 15) is 14.4 Å². The molecule has 0 spiro atoms. The van der Waals surface area contributed by atoms with Crippen LogP contribution in [0.2, 0.25) is 0 Å². The third kappa shape index (κ3) is 3.32. The minimum absolute atomic E-state index is 0.159. The number of pyridine rings is 1. The number of carbonyl (C=O) groups is 3. The van der Waals surface area contributed by atoms with Gasteiger partial charge in [-0.15, -0.1) is 0 Å². The molecule has 1 fully saturated rings. The number of ether oxygens (including phenoxy) is 2. The zero-order valence-electron chi connectivity index (χ0n) is 12.7. The number of carbonyl (C=O) groups excluding carboxylic acids is 3. The van der Waals surface area contributed by atoms with Crippen LogP contribution in [0.4, 0.5) is 0 Å². The molecular formula is C16H19NO5. The fourth-order valence-corrected chi connectivity index (χ4v) is 2.81. The highest BCUT2D eigenvalue weighted by atomic mass is 16.5. The van der Waals surface area contributed by atoms with Crippen molar-refractivity contribution in [3.63, 3.8) is 0 Å². The first-order valence-electron chi connectivity index (χ1n) is 7.23. The molecule has 2 rings (SSSR count). The van der Waals surface area contributed by atoms with Crippen molar-refractivity contribution < 1.29 is 23.9 Å². The number of nitrogens with zero attached hydrogens (tertiary/aromatic N) is 1. The van der Waals surface area contributed by atoms with Crippen molar-refractivity contribution in [2.24, 2.45) is 5.92 Å². The van der Waals surface area contributed by atoms with E-state index in [0.717, 1.165) is 12.8 Å². The Balaban J connectivity index is 2.31. The van der Waals surface area contributed by atoms with Gasteiger partial charge < -0.3 is 9.47 Å². The smallest absolute Gasteiger partial charge is 0.339 e. The van der Waals surface area contributed by atoms with Crippen LogP contribution in [0.5, 0.6) is 0 Å². The van der Waals surface area contributed by atoms with Gasteiger partial charge in [-0.25, -0.2) is 4.79 Å². The van der Waals surface area contributed by atoms with E-state index in [1.807, 2.05) is 0 Å². The highest BCUT2D eigenvalue weighted by molar-refractivity contribution is 6.02. The van der Waals surface area contributed by atoms with Crippen molar-refractivity contribution in [3.8, 4) is 0 Å². The number of Topliss-reactive ketones (excluding diaryl/α,β-unsaturated/α-hetero) is 1. The highest BCUT2D eigenvalue weighted by Gasteiger charge is 2.35. The van der Waals surface area contributed by atoms with Crippen LogP contribution in [0.1, 0.15) is 47.5 Å². The lowest BCUT2D eigenvalue weighted by Crippen LogP contribution is -2.28. The van der Waals surface area contributed by atoms with Crippen LogP contribution >= 0.6 is 0 Å². The summed E-state index contributed by atoms with van der Waals surface area (Å²) >= 11 is 0. The van der Waals surface area contributed by atoms with E-state index >= 15 is 0 Å². The van der Waals surface area contributed by atoms with Crippen molar-refractivity contribution >= 4 is 17.7 Å². The summed E-state index contributed by atoms with van der Waals surface area (Å²) in [5.41, 5.74) is 0.940. The minimum atomic E-state index is -0.737. The van der Waals surface area contributed by atoms with E-state index < -0.39 is 23.8 Å². The Labute approximate surface area is 128 Å². The fourth-order valence-electron chi connectivity index (χ4n) is 2.81. The number of methoxy groups -OCH3 is 2. The molecule has 6 nitrogen and oxygen atoms in total. The van der Waals surface area contributed by atoms with E-state index in [-0.39, 0.29) is 5.78 Å². The molecule has 22 heavy (non-hydrogen) atoms. The van der Waals surface area contributed by atoms with Crippen molar-refractivity contribution in [1.29, 1.82) is 0 Å². The maximum Gasteiger partial charge on any atom is 0.339 e. The number of hydrogen-bond acceptors (Lipinski definition) is 6. The van der Waals surface area contributed by atoms with E-state index in [2.05, 4.69) is 9.72 Å². The first-order chi connectivity index (χ1) is 10.6. The van der Waals surface area contributed by atoms with Gasteiger partial charge in [-0.3, -0.25) is 14.6 Å². The molecular weight excluding hydrogens is 286 g/mol. The first kappa shape index (κ1) is 16.1. The van der Waals surface area contributed by atoms with Crippen molar-refractivity contribution in [3.05, 3.63) is 29.6 Å². The lowest BCUT2D eigenvalue weighted by atomic mass is 9.86. The summed E-state index contributed by atoms with van der Waals surface area (Å²) in [5.74, 6) is -2.33. The second-order valence-corrected chi connectivity index (χ2v) is 5.31. The number of rotatable bonds is 3. The lowest BCUT2D eigenvalue weighted by molar-refractivity contribution is -0.149. The Morgan fingerprint density at radius 3 is 2.55 bits per heavy atom. The van der Waals surface area contributed by atoms with Crippen LogP contribution in [-0.2, 0) is 19.1 Å². The molecule has 0 N–H and O–H groups in total. The second-order valence-electron chi connectivity index (χ2n) is 5.31. The van der Waals surface area contributed by atoms with Crippen LogP contribution in [0.15, 0.2) is 18.5 Å². The zero-order chi connectivity index (χ0) is 16.1. The number of esters is 2. The SMILES string of the molecule is COC(=O)c1cncc(C2CCCCC(C(=O)OC)C2=O)c1. The van der Waals surface area contributed by atoms with Gasteiger partial charge in [-0.2, -0.15) is 0 Å². The topological polar surface area (TPSA) is 82.6 Å². The minimum Gasteiger partial charge on any atom is -0.468 e. The summed E-state index contributed by atoms with van der Waals surface area (Å²) in [6, 6.07) is 1.61. The van der Waals surface area contributed by atoms with Gasteiger partial charge in [0.2, 0.25) is 0 Å². The molecule has 2 atom stereocenters. The predicted octanol–water partition coefficient (Wildman–Crippen LogP) is 1.88. The molecule has 1 saturated carbocycles. The third-order valence-corrected chi connectivity index (χ3v) is 3.99. The van der Waals surface area contributed by atoms with Gasteiger partial charge in [0.25, 0.3) is 0 Å². The highest BCUT2D eigenvalue weighted by Crippen LogP contribution is 2.32. The Morgan fingerprint density at radius 1 is 1.14 bits per heavy atom. The summed E-state index contributed by atoms with van der Waals surface area (Å²) in [6.45, 7) is 0. The van der Waals surface area contributed by atoms with Gasteiger partial charge in [-0.1, -0.05) is 12.8 Å². The number of hydrogen-bond donors (Lipinski definition) is 0. The van der Waals surface area contributed by atoms with Crippen LogP contribution in [-0.4, -0.2) is 36.9 Å². The zero-order valence-corrected chi connectivity index (χ0v) is 12.7. The van der Waals surface area contributed by atoms with Crippen LogP contribution < -0.4 is 0 Å². The Bertz CT molecular complexity index is 584. The Kier molecular flexibility index (Phi) is 5.25. The molecule has 0 saturated heterocycles. The standard InChI is InChI=1S/C16H19NO5/c1-21-15(19)11-7-10(8-17-9-11)12-5-3-4-6-13(14(12)18)16(20)22-2/h7-9,12-13H,3-6H2,1-2H3. The molecule has 0 aromatic carbocycles. The average Bonchev–Trinajstić information content (AvgIpc) is 2.75. The average molecular weight is 305 g/mol. The van der Waals surface area contributed by atoms with Crippen molar-refractivity contribution in [1.82, 2.24) is 4.98 Å². The summed E-state index contributed by atoms with van der Waals surface area (Å²) in [5, 5.41) is 0. The summed E-state index contributed by atoms with van der Waals surface area (Å²) in [4.78, 5) is 40.1. The fraction of sp³-hybridized carbons (Fsp3) is 0.500. The van der Waals surface area contributed by atoms with E-state index in [1.165, 1.54) is 20.4 Å². The van der Waals surface area contributed by atoms with Gasteiger partial charge in [0.1, 0.15) is 5.92 Å². The maximum absolute atomic E-state index is 12.7. The van der Waals surface area contributed by atoms with Gasteiger partial charge in [0, 0.05) is 18.3 Å². The second kappa shape index (κ2) is 7.15. The molecule has 0 aliphatic heterocycles. The molecule has 1 aromatic heterocycles. The Morgan fingerprint density at radius 2 is 1.86 bits per heavy atom. The molecule has 1 aromatic rings.